The minimum Gasteiger partial charge on any atom is -0.508 e. The fraction of sp³-hybridized carbons (Fsp3) is 0.417. The molecule has 0 atom stereocenters. The van der Waals surface area contributed by atoms with Gasteiger partial charge in [-0.25, -0.2) is 8.42 Å². The maximum absolute atomic E-state index is 11.9. The maximum Gasteiger partial charge on any atom is 0.253 e. The van der Waals surface area contributed by atoms with Crippen LogP contribution in [0, 0.1) is 0 Å². The molecule has 106 valence electrons. The van der Waals surface area contributed by atoms with E-state index in [0.717, 1.165) is 6.26 Å². The second-order valence-corrected chi connectivity index (χ2v) is 7.64. The lowest BCUT2D eigenvalue weighted by Crippen LogP contribution is -2.43. The number of aromatic hydroxyl groups is 1. The van der Waals surface area contributed by atoms with E-state index in [1.165, 1.54) is 32.0 Å². The van der Waals surface area contributed by atoms with Crippen LogP contribution < -0.4 is 11.1 Å². The predicted molar refractivity (Wildman–Crippen MR) is 73.8 cm³/mol. The summed E-state index contributed by atoms with van der Waals surface area (Å²) in [6.45, 7) is 3.00. The molecule has 19 heavy (non-hydrogen) atoms. The molecule has 0 heterocycles. The third-order valence-corrected chi connectivity index (χ3v) is 5.11. The summed E-state index contributed by atoms with van der Waals surface area (Å²) in [6, 6.07) is 4.01. The van der Waals surface area contributed by atoms with Crippen molar-refractivity contribution in [3.8, 4) is 5.75 Å². The molecule has 0 spiro atoms. The van der Waals surface area contributed by atoms with E-state index in [0.29, 0.717) is 0 Å². The average molecular weight is 286 g/mol. The minimum atomic E-state index is -3.29. The molecule has 0 saturated carbocycles. The van der Waals surface area contributed by atoms with Crippen LogP contribution in [-0.2, 0) is 9.84 Å². The molecule has 0 aliphatic carbocycles. The monoisotopic (exact) mass is 286 g/mol. The van der Waals surface area contributed by atoms with Gasteiger partial charge in [0.05, 0.1) is 10.3 Å². The molecule has 0 radical (unpaired) electrons. The number of amides is 1. The Kier molecular flexibility index (Phi) is 4.09. The number of carbonyl (C=O) groups is 1. The Balaban J connectivity index is 2.85. The summed E-state index contributed by atoms with van der Waals surface area (Å²) < 4.78 is 21.9. The standard InChI is InChI=1S/C12H18N2O4S/c1-12(2,19(3,17)18)7-14-11(16)9-6-8(15)4-5-10(9)13/h4-6,15H,7,13H2,1-3H3,(H,14,16). The van der Waals surface area contributed by atoms with Crippen molar-refractivity contribution in [3.63, 3.8) is 0 Å². The van der Waals surface area contributed by atoms with Gasteiger partial charge in [0.2, 0.25) is 0 Å². The first-order valence-electron chi connectivity index (χ1n) is 5.61. The molecule has 0 aliphatic heterocycles. The predicted octanol–water partition coefficient (Wildman–Crippen LogP) is 0.527. The second-order valence-electron chi connectivity index (χ2n) is 4.99. The largest absolute Gasteiger partial charge is 0.508 e. The van der Waals surface area contributed by atoms with Gasteiger partial charge in [-0.2, -0.15) is 0 Å². The average Bonchev–Trinajstić information content (AvgIpc) is 2.28. The van der Waals surface area contributed by atoms with Crippen LogP contribution in [0.15, 0.2) is 18.2 Å². The number of nitrogen functional groups attached to an aromatic ring is 1. The van der Waals surface area contributed by atoms with Crippen LogP contribution in [-0.4, -0.2) is 37.0 Å². The summed E-state index contributed by atoms with van der Waals surface area (Å²) in [6.07, 6.45) is 1.11. The smallest absolute Gasteiger partial charge is 0.253 e. The van der Waals surface area contributed by atoms with Crippen LogP contribution in [0.3, 0.4) is 0 Å². The van der Waals surface area contributed by atoms with Gasteiger partial charge in [-0.05, 0) is 32.0 Å². The van der Waals surface area contributed by atoms with Crippen molar-refractivity contribution in [2.75, 3.05) is 18.5 Å². The van der Waals surface area contributed by atoms with Crippen molar-refractivity contribution in [3.05, 3.63) is 23.8 Å². The zero-order chi connectivity index (χ0) is 14.8. The number of hydrogen-bond acceptors (Lipinski definition) is 5. The summed E-state index contributed by atoms with van der Waals surface area (Å²) in [4.78, 5) is 11.9. The van der Waals surface area contributed by atoms with E-state index < -0.39 is 20.5 Å². The van der Waals surface area contributed by atoms with E-state index >= 15 is 0 Å². The van der Waals surface area contributed by atoms with Crippen molar-refractivity contribution in [1.82, 2.24) is 5.32 Å². The Morgan fingerprint density at radius 3 is 2.53 bits per heavy atom. The zero-order valence-corrected chi connectivity index (χ0v) is 11.9. The Hall–Kier alpha value is -1.76. The highest BCUT2D eigenvalue weighted by Gasteiger charge is 2.30. The van der Waals surface area contributed by atoms with Crippen LogP contribution >= 0.6 is 0 Å². The van der Waals surface area contributed by atoms with Gasteiger partial charge >= 0.3 is 0 Å². The van der Waals surface area contributed by atoms with E-state index in [-0.39, 0.29) is 23.5 Å². The van der Waals surface area contributed by atoms with Crippen molar-refractivity contribution in [2.45, 2.75) is 18.6 Å². The Morgan fingerprint density at radius 2 is 2.00 bits per heavy atom. The topological polar surface area (TPSA) is 109 Å². The molecule has 1 amide bonds. The number of carbonyl (C=O) groups excluding carboxylic acids is 1. The summed E-state index contributed by atoms with van der Waals surface area (Å²) in [7, 11) is -3.29. The first-order chi connectivity index (χ1) is 8.54. The van der Waals surface area contributed by atoms with E-state index in [9.17, 15) is 18.3 Å². The quantitative estimate of drug-likeness (QED) is 0.552. The van der Waals surface area contributed by atoms with Gasteiger partial charge in [-0.3, -0.25) is 4.79 Å². The van der Waals surface area contributed by atoms with Gasteiger partial charge in [0.25, 0.3) is 5.91 Å². The highest BCUT2D eigenvalue weighted by atomic mass is 32.2. The molecule has 0 unspecified atom stereocenters. The molecule has 0 saturated heterocycles. The molecule has 6 nitrogen and oxygen atoms in total. The SMILES string of the molecule is CC(C)(CNC(=O)c1cc(O)ccc1N)S(C)(=O)=O. The van der Waals surface area contributed by atoms with E-state index in [1.807, 2.05) is 0 Å². The molecular formula is C12H18N2O4S. The summed E-state index contributed by atoms with van der Waals surface area (Å²) in [5, 5.41) is 11.8. The Labute approximate surface area is 112 Å². The molecule has 0 bridgehead atoms. The number of rotatable bonds is 4. The molecule has 1 aromatic carbocycles. The first kappa shape index (κ1) is 15.3. The van der Waals surface area contributed by atoms with Crippen LogP contribution in [0.2, 0.25) is 0 Å². The van der Waals surface area contributed by atoms with Crippen molar-refractivity contribution in [2.24, 2.45) is 0 Å². The van der Waals surface area contributed by atoms with Gasteiger partial charge in [0, 0.05) is 18.5 Å². The van der Waals surface area contributed by atoms with Crippen molar-refractivity contribution < 1.29 is 18.3 Å². The van der Waals surface area contributed by atoms with Gasteiger partial charge < -0.3 is 16.2 Å². The van der Waals surface area contributed by atoms with Crippen LogP contribution in [0.1, 0.15) is 24.2 Å². The highest BCUT2D eigenvalue weighted by Crippen LogP contribution is 2.19. The third kappa shape index (κ3) is 3.60. The lowest BCUT2D eigenvalue weighted by Gasteiger charge is -2.22. The fourth-order valence-electron chi connectivity index (χ4n) is 1.26. The molecule has 0 aliphatic rings. The van der Waals surface area contributed by atoms with Crippen LogP contribution in [0.5, 0.6) is 5.75 Å². The summed E-state index contributed by atoms with van der Waals surface area (Å²) in [5.41, 5.74) is 5.96. The number of hydrogen-bond donors (Lipinski definition) is 3. The first-order valence-corrected chi connectivity index (χ1v) is 7.50. The normalized spacial score (nSPS) is 12.2. The van der Waals surface area contributed by atoms with Gasteiger partial charge in [0.1, 0.15) is 5.75 Å². The van der Waals surface area contributed by atoms with Crippen molar-refractivity contribution in [1.29, 1.82) is 0 Å². The highest BCUT2D eigenvalue weighted by molar-refractivity contribution is 7.92. The molecule has 0 aromatic heterocycles. The zero-order valence-electron chi connectivity index (χ0n) is 11.1. The number of nitrogens with one attached hydrogen (secondary N) is 1. The number of benzene rings is 1. The van der Waals surface area contributed by atoms with Crippen LogP contribution in [0.25, 0.3) is 0 Å². The van der Waals surface area contributed by atoms with Gasteiger partial charge in [0.15, 0.2) is 9.84 Å². The van der Waals surface area contributed by atoms with E-state index in [4.69, 9.17) is 5.73 Å². The second kappa shape index (κ2) is 5.08. The Morgan fingerprint density at radius 1 is 1.42 bits per heavy atom. The van der Waals surface area contributed by atoms with E-state index in [2.05, 4.69) is 5.32 Å². The number of nitrogens with two attached hydrogens (primary N) is 1. The van der Waals surface area contributed by atoms with Gasteiger partial charge in [-0.1, -0.05) is 0 Å². The molecule has 1 aromatic rings. The van der Waals surface area contributed by atoms with Gasteiger partial charge in [-0.15, -0.1) is 0 Å². The Bertz CT molecular complexity index is 594. The number of phenols is 1. The van der Waals surface area contributed by atoms with Crippen molar-refractivity contribution >= 4 is 21.4 Å². The lowest BCUT2D eigenvalue weighted by atomic mass is 10.1. The van der Waals surface area contributed by atoms with E-state index in [1.54, 1.807) is 0 Å². The molecule has 4 N–H and O–H groups in total. The minimum absolute atomic E-state index is 0.0419. The molecular weight excluding hydrogens is 268 g/mol. The molecule has 0 fully saturated rings. The number of anilines is 1. The maximum atomic E-state index is 11.9. The van der Waals surface area contributed by atoms with Crippen LogP contribution in [0.4, 0.5) is 5.69 Å². The number of phenolic OH excluding ortho intramolecular Hbond substituents is 1. The lowest BCUT2D eigenvalue weighted by molar-refractivity contribution is 0.0951. The number of sulfone groups is 1. The molecule has 7 heteroatoms. The third-order valence-electron chi connectivity index (χ3n) is 2.96. The molecule has 1 rings (SSSR count). The summed E-state index contributed by atoms with van der Waals surface area (Å²) in [5.74, 6) is -0.605. The summed E-state index contributed by atoms with van der Waals surface area (Å²) >= 11 is 0. The fourth-order valence-corrected chi connectivity index (χ4v) is 1.59.